The molecule has 0 spiro atoms. The minimum Gasteiger partial charge on any atom is -0.451 e. The van der Waals surface area contributed by atoms with Gasteiger partial charge in [0.05, 0.1) is 0 Å². The second-order valence-electron chi connectivity index (χ2n) is 6.96. The predicted molar refractivity (Wildman–Crippen MR) is 108 cm³/mol. The molecule has 0 aliphatic carbocycles. The first-order chi connectivity index (χ1) is 13.6. The van der Waals surface area contributed by atoms with Crippen molar-refractivity contribution in [2.75, 3.05) is 43.4 Å². The molecule has 3 aromatic rings. The summed E-state index contributed by atoms with van der Waals surface area (Å²) in [5.74, 6) is 0.104. The highest BCUT2D eigenvalue weighted by molar-refractivity contribution is 6.02. The van der Waals surface area contributed by atoms with Crippen LogP contribution < -0.4 is 10.2 Å². The lowest BCUT2D eigenvalue weighted by molar-refractivity contribution is 0.0997. The molecule has 4 rings (SSSR count). The molecule has 0 saturated carbocycles. The van der Waals surface area contributed by atoms with Crippen LogP contribution in [-0.2, 0) is 0 Å². The summed E-state index contributed by atoms with van der Waals surface area (Å²) in [6.45, 7) is 4.10. The number of rotatable bonds is 4. The van der Waals surface area contributed by atoms with Gasteiger partial charge in [-0.25, -0.2) is 4.39 Å². The van der Waals surface area contributed by atoms with E-state index in [4.69, 9.17) is 4.42 Å². The first-order valence-electron chi connectivity index (χ1n) is 9.29. The van der Waals surface area contributed by atoms with Crippen LogP contribution in [0.5, 0.6) is 0 Å². The van der Waals surface area contributed by atoms with Crippen molar-refractivity contribution in [1.29, 1.82) is 0 Å². The molecule has 2 aromatic carbocycles. The van der Waals surface area contributed by atoms with E-state index in [1.807, 2.05) is 24.3 Å². The molecule has 1 fully saturated rings. The van der Waals surface area contributed by atoms with Crippen LogP contribution in [0.15, 0.2) is 65.1 Å². The number of furan rings is 1. The highest BCUT2D eigenvalue weighted by Gasteiger charge is 2.15. The lowest BCUT2D eigenvalue weighted by atomic mass is 10.2. The number of nitrogens with one attached hydrogen (secondary N) is 1. The first kappa shape index (κ1) is 18.3. The van der Waals surface area contributed by atoms with Gasteiger partial charge in [0.2, 0.25) is 0 Å². The third-order valence-corrected chi connectivity index (χ3v) is 4.95. The summed E-state index contributed by atoms with van der Waals surface area (Å²) in [6.07, 6.45) is 0. The molecule has 1 aliphatic rings. The standard InChI is InChI=1S/C22H22FN3O2/c1-25-12-14-26(15-13-25)19-8-6-18(7-9-19)24-22(27)21-11-10-20(28-21)16-2-4-17(23)5-3-16/h2-11H,12-15H2,1H3,(H,24,27). The number of nitrogens with zero attached hydrogens (tertiary/aromatic N) is 2. The number of amides is 1. The van der Waals surface area contributed by atoms with Crippen LogP contribution in [0.2, 0.25) is 0 Å². The monoisotopic (exact) mass is 379 g/mol. The molecule has 0 radical (unpaired) electrons. The number of anilines is 2. The van der Waals surface area contributed by atoms with Gasteiger partial charge in [-0.2, -0.15) is 0 Å². The van der Waals surface area contributed by atoms with E-state index < -0.39 is 0 Å². The van der Waals surface area contributed by atoms with E-state index in [1.54, 1.807) is 24.3 Å². The average molecular weight is 379 g/mol. The number of carbonyl (C=O) groups is 1. The van der Waals surface area contributed by atoms with Gasteiger partial charge in [-0.15, -0.1) is 0 Å². The van der Waals surface area contributed by atoms with E-state index in [1.165, 1.54) is 12.1 Å². The van der Waals surface area contributed by atoms with Gasteiger partial charge >= 0.3 is 0 Å². The summed E-state index contributed by atoms with van der Waals surface area (Å²) in [4.78, 5) is 17.1. The van der Waals surface area contributed by atoms with Gasteiger partial charge in [0.1, 0.15) is 11.6 Å². The van der Waals surface area contributed by atoms with Crippen LogP contribution in [0.25, 0.3) is 11.3 Å². The van der Waals surface area contributed by atoms with Crippen molar-refractivity contribution in [2.45, 2.75) is 0 Å². The fourth-order valence-corrected chi connectivity index (χ4v) is 3.24. The number of benzene rings is 2. The lowest BCUT2D eigenvalue weighted by Gasteiger charge is -2.34. The number of carbonyl (C=O) groups excluding carboxylic acids is 1. The molecule has 2 heterocycles. The molecule has 6 heteroatoms. The molecule has 1 saturated heterocycles. The molecule has 5 nitrogen and oxygen atoms in total. The molecule has 1 N–H and O–H groups in total. The molecular weight excluding hydrogens is 357 g/mol. The van der Waals surface area contributed by atoms with Crippen LogP contribution in [-0.4, -0.2) is 44.0 Å². The summed E-state index contributed by atoms with van der Waals surface area (Å²) in [5.41, 5.74) is 2.59. The van der Waals surface area contributed by atoms with Crippen LogP contribution in [0.4, 0.5) is 15.8 Å². The lowest BCUT2D eigenvalue weighted by Crippen LogP contribution is -2.44. The van der Waals surface area contributed by atoms with Crippen molar-refractivity contribution in [2.24, 2.45) is 0 Å². The maximum Gasteiger partial charge on any atom is 0.291 e. The van der Waals surface area contributed by atoms with Crippen LogP contribution in [0, 0.1) is 5.82 Å². The maximum atomic E-state index is 13.0. The summed E-state index contributed by atoms with van der Waals surface area (Å²) < 4.78 is 18.7. The van der Waals surface area contributed by atoms with Crippen LogP contribution >= 0.6 is 0 Å². The van der Waals surface area contributed by atoms with Crippen LogP contribution in [0.1, 0.15) is 10.6 Å². The quantitative estimate of drug-likeness (QED) is 0.742. The minimum absolute atomic E-state index is 0.211. The second kappa shape index (κ2) is 7.86. The number of halogens is 1. The Morgan fingerprint density at radius 2 is 1.61 bits per heavy atom. The van der Waals surface area contributed by atoms with Crippen molar-refractivity contribution in [1.82, 2.24) is 4.90 Å². The maximum absolute atomic E-state index is 13.0. The Bertz CT molecular complexity index is 943. The molecule has 28 heavy (non-hydrogen) atoms. The fourth-order valence-electron chi connectivity index (χ4n) is 3.24. The summed E-state index contributed by atoms with van der Waals surface area (Å²) in [6, 6.07) is 17.1. The summed E-state index contributed by atoms with van der Waals surface area (Å²) in [5, 5.41) is 2.85. The Morgan fingerprint density at radius 1 is 0.929 bits per heavy atom. The number of piperazine rings is 1. The Balaban J connectivity index is 1.40. The van der Waals surface area contributed by atoms with Gasteiger partial charge in [-0.3, -0.25) is 4.79 Å². The van der Waals surface area contributed by atoms with E-state index >= 15 is 0 Å². The fraction of sp³-hybridized carbons (Fsp3) is 0.227. The largest absolute Gasteiger partial charge is 0.451 e. The van der Waals surface area contributed by atoms with Gasteiger partial charge in [0.25, 0.3) is 5.91 Å². The zero-order valence-corrected chi connectivity index (χ0v) is 15.7. The van der Waals surface area contributed by atoms with Crippen molar-refractivity contribution < 1.29 is 13.6 Å². The van der Waals surface area contributed by atoms with Gasteiger partial charge in [-0.1, -0.05) is 0 Å². The van der Waals surface area contributed by atoms with Gasteiger partial charge in [0.15, 0.2) is 5.76 Å². The molecule has 1 aromatic heterocycles. The van der Waals surface area contributed by atoms with Crippen molar-refractivity contribution in [3.05, 3.63) is 72.2 Å². The van der Waals surface area contributed by atoms with Gasteiger partial charge in [-0.05, 0) is 67.7 Å². The summed E-state index contributed by atoms with van der Waals surface area (Å²) >= 11 is 0. The topological polar surface area (TPSA) is 48.7 Å². The summed E-state index contributed by atoms with van der Waals surface area (Å²) in [7, 11) is 2.13. The number of likely N-dealkylation sites (N-methyl/N-ethyl adjacent to an activating group) is 1. The Morgan fingerprint density at radius 3 is 2.29 bits per heavy atom. The predicted octanol–water partition coefficient (Wildman–Crippen LogP) is 4.09. The Kier molecular flexibility index (Phi) is 5.12. The van der Waals surface area contributed by atoms with E-state index in [0.717, 1.165) is 37.4 Å². The van der Waals surface area contributed by atoms with Crippen molar-refractivity contribution >= 4 is 17.3 Å². The van der Waals surface area contributed by atoms with E-state index in [-0.39, 0.29) is 17.5 Å². The third-order valence-electron chi connectivity index (χ3n) is 4.95. The molecule has 0 unspecified atom stereocenters. The molecule has 144 valence electrons. The van der Waals surface area contributed by atoms with E-state index in [0.29, 0.717) is 11.4 Å². The van der Waals surface area contributed by atoms with E-state index in [9.17, 15) is 9.18 Å². The van der Waals surface area contributed by atoms with Crippen molar-refractivity contribution in [3.8, 4) is 11.3 Å². The zero-order chi connectivity index (χ0) is 19.5. The highest BCUT2D eigenvalue weighted by Crippen LogP contribution is 2.24. The zero-order valence-electron chi connectivity index (χ0n) is 15.7. The Hall–Kier alpha value is -3.12. The number of hydrogen-bond acceptors (Lipinski definition) is 4. The number of hydrogen-bond donors (Lipinski definition) is 1. The van der Waals surface area contributed by atoms with Crippen molar-refractivity contribution in [3.63, 3.8) is 0 Å². The Labute approximate surface area is 163 Å². The third kappa shape index (κ3) is 4.07. The highest BCUT2D eigenvalue weighted by atomic mass is 19.1. The molecule has 0 atom stereocenters. The smallest absolute Gasteiger partial charge is 0.291 e. The SMILES string of the molecule is CN1CCN(c2ccc(NC(=O)c3ccc(-c4ccc(F)cc4)o3)cc2)CC1. The second-order valence-corrected chi connectivity index (χ2v) is 6.96. The normalized spacial score (nSPS) is 14.9. The average Bonchev–Trinajstić information content (AvgIpc) is 3.20. The van der Waals surface area contributed by atoms with Gasteiger partial charge in [0, 0.05) is 43.1 Å². The van der Waals surface area contributed by atoms with Gasteiger partial charge < -0.3 is 19.5 Å². The first-order valence-corrected chi connectivity index (χ1v) is 9.29. The molecule has 1 aliphatic heterocycles. The molecule has 1 amide bonds. The minimum atomic E-state index is -0.319. The molecule has 0 bridgehead atoms. The van der Waals surface area contributed by atoms with Crippen LogP contribution in [0.3, 0.4) is 0 Å². The molecular formula is C22H22FN3O2. The van der Waals surface area contributed by atoms with E-state index in [2.05, 4.69) is 22.2 Å².